The smallest absolute Gasteiger partial charge is 0.182 e. The number of anilines is 2. The fraction of sp³-hybridized carbons (Fsp3) is 0.250. The van der Waals surface area contributed by atoms with Gasteiger partial charge < -0.3 is 11.1 Å². The molecular formula is C12H16N4O2S. The van der Waals surface area contributed by atoms with Crippen LogP contribution in [0.15, 0.2) is 29.2 Å². The molecule has 0 fully saturated rings. The van der Waals surface area contributed by atoms with Crippen LogP contribution in [0.25, 0.3) is 5.69 Å². The highest BCUT2D eigenvalue weighted by atomic mass is 32.2. The maximum Gasteiger partial charge on any atom is 0.182 e. The molecule has 0 radical (unpaired) electrons. The van der Waals surface area contributed by atoms with Gasteiger partial charge in [-0.15, -0.1) is 5.10 Å². The Hall–Kier alpha value is -2.02. The van der Waals surface area contributed by atoms with Crippen molar-refractivity contribution in [2.24, 2.45) is 0 Å². The molecule has 0 aliphatic carbocycles. The van der Waals surface area contributed by atoms with Crippen molar-refractivity contribution in [2.75, 3.05) is 24.4 Å². The van der Waals surface area contributed by atoms with E-state index in [4.69, 9.17) is 5.73 Å². The first-order valence-electron chi connectivity index (χ1n) is 5.68. The molecule has 1 aromatic carbocycles. The molecule has 0 atom stereocenters. The molecule has 0 aliphatic heterocycles. The number of rotatable bonds is 3. The molecule has 2 aromatic rings. The Labute approximate surface area is 112 Å². The SMILES string of the molecule is CNc1nn(-c2ccc(C)cc2)c(N)c1S(C)(=O)=O. The Morgan fingerprint density at radius 3 is 2.26 bits per heavy atom. The third-order valence-corrected chi connectivity index (χ3v) is 3.91. The number of nitrogens with zero attached hydrogens (tertiary/aromatic N) is 2. The maximum atomic E-state index is 11.8. The highest BCUT2D eigenvalue weighted by molar-refractivity contribution is 7.91. The Morgan fingerprint density at radius 2 is 1.84 bits per heavy atom. The van der Waals surface area contributed by atoms with Crippen molar-refractivity contribution in [1.82, 2.24) is 9.78 Å². The van der Waals surface area contributed by atoms with Crippen LogP contribution in [-0.2, 0) is 9.84 Å². The second kappa shape index (κ2) is 4.58. The minimum absolute atomic E-state index is 0.0237. The number of nitrogen functional groups attached to an aromatic ring is 1. The largest absolute Gasteiger partial charge is 0.382 e. The van der Waals surface area contributed by atoms with Gasteiger partial charge in [-0.2, -0.15) is 0 Å². The van der Waals surface area contributed by atoms with Crippen molar-refractivity contribution >= 4 is 21.5 Å². The van der Waals surface area contributed by atoms with Crippen molar-refractivity contribution in [2.45, 2.75) is 11.8 Å². The van der Waals surface area contributed by atoms with Gasteiger partial charge in [0.1, 0.15) is 5.82 Å². The average molecular weight is 280 g/mol. The van der Waals surface area contributed by atoms with Gasteiger partial charge in [0, 0.05) is 13.3 Å². The first kappa shape index (κ1) is 13.4. The molecule has 7 heteroatoms. The molecule has 0 saturated heterocycles. The lowest BCUT2D eigenvalue weighted by molar-refractivity contribution is 0.602. The monoisotopic (exact) mass is 280 g/mol. The molecule has 2 rings (SSSR count). The molecule has 0 amide bonds. The molecule has 0 aliphatic rings. The number of aryl methyl sites for hydroxylation is 1. The summed E-state index contributed by atoms with van der Waals surface area (Å²) in [5.74, 6) is 0.358. The van der Waals surface area contributed by atoms with Crippen LogP contribution < -0.4 is 11.1 Å². The van der Waals surface area contributed by atoms with Gasteiger partial charge in [-0.25, -0.2) is 13.1 Å². The Bertz CT molecular complexity index is 702. The molecular weight excluding hydrogens is 264 g/mol. The molecule has 0 spiro atoms. The van der Waals surface area contributed by atoms with Gasteiger partial charge in [-0.3, -0.25) is 0 Å². The second-order valence-electron chi connectivity index (χ2n) is 4.33. The number of aromatic nitrogens is 2. The van der Waals surface area contributed by atoms with Gasteiger partial charge in [-0.05, 0) is 19.1 Å². The normalized spacial score (nSPS) is 11.5. The fourth-order valence-corrected chi connectivity index (χ4v) is 2.79. The number of hydrogen-bond acceptors (Lipinski definition) is 5. The number of nitrogens with two attached hydrogens (primary N) is 1. The molecule has 19 heavy (non-hydrogen) atoms. The lowest BCUT2D eigenvalue weighted by Gasteiger charge is -2.04. The number of benzene rings is 1. The third-order valence-electron chi connectivity index (χ3n) is 2.76. The van der Waals surface area contributed by atoms with Crippen molar-refractivity contribution in [3.8, 4) is 5.69 Å². The summed E-state index contributed by atoms with van der Waals surface area (Å²) >= 11 is 0. The van der Waals surface area contributed by atoms with Crippen LogP contribution in [-0.4, -0.2) is 31.5 Å². The minimum Gasteiger partial charge on any atom is -0.382 e. The predicted molar refractivity (Wildman–Crippen MR) is 75.4 cm³/mol. The van der Waals surface area contributed by atoms with Gasteiger partial charge in [0.15, 0.2) is 20.6 Å². The van der Waals surface area contributed by atoms with E-state index in [1.54, 1.807) is 7.05 Å². The first-order chi connectivity index (χ1) is 8.84. The van der Waals surface area contributed by atoms with Gasteiger partial charge in [0.05, 0.1) is 5.69 Å². The van der Waals surface area contributed by atoms with Gasteiger partial charge in [-0.1, -0.05) is 17.7 Å². The summed E-state index contributed by atoms with van der Waals surface area (Å²) < 4.78 is 24.9. The molecule has 0 unspecified atom stereocenters. The van der Waals surface area contributed by atoms with E-state index in [2.05, 4.69) is 10.4 Å². The molecule has 6 nitrogen and oxygen atoms in total. The van der Waals surface area contributed by atoms with E-state index < -0.39 is 9.84 Å². The van der Waals surface area contributed by atoms with E-state index in [0.717, 1.165) is 17.5 Å². The van der Waals surface area contributed by atoms with Crippen LogP contribution >= 0.6 is 0 Å². The summed E-state index contributed by atoms with van der Waals surface area (Å²) in [4.78, 5) is 0.0237. The topological polar surface area (TPSA) is 90.0 Å². The summed E-state index contributed by atoms with van der Waals surface area (Å²) in [7, 11) is -1.84. The number of nitrogens with one attached hydrogen (secondary N) is 1. The zero-order valence-electron chi connectivity index (χ0n) is 11.0. The van der Waals surface area contributed by atoms with Crippen molar-refractivity contribution < 1.29 is 8.42 Å². The molecule has 0 saturated carbocycles. The van der Waals surface area contributed by atoms with E-state index in [0.29, 0.717) is 0 Å². The van der Waals surface area contributed by atoms with Crippen LogP contribution in [0.1, 0.15) is 5.56 Å². The Kier molecular flexibility index (Phi) is 3.23. The highest BCUT2D eigenvalue weighted by Gasteiger charge is 2.23. The second-order valence-corrected chi connectivity index (χ2v) is 6.29. The lowest BCUT2D eigenvalue weighted by Crippen LogP contribution is -2.06. The number of sulfone groups is 1. The van der Waals surface area contributed by atoms with Gasteiger partial charge >= 0.3 is 0 Å². The molecule has 1 aromatic heterocycles. The zero-order chi connectivity index (χ0) is 14.2. The van der Waals surface area contributed by atoms with Crippen LogP contribution in [0, 0.1) is 6.92 Å². The van der Waals surface area contributed by atoms with Crippen molar-refractivity contribution in [1.29, 1.82) is 0 Å². The summed E-state index contributed by atoms with van der Waals surface area (Å²) in [6, 6.07) is 7.50. The third kappa shape index (κ3) is 2.41. The molecule has 3 N–H and O–H groups in total. The van der Waals surface area contributed by atoms with E-state index in [-0.39, 0.29) is 16.5 Å². The van der Waals surface area contributed by atoms with E-state index in [1.807, 2.05) is 31.2 Å². The predicted octanol–water partition coefficient (Wildman–Crippen LogP) is 1.21. The number of hydrogen-bond donors (Lipinski definition) is 2. The lowest BCUT2D eigenvalue weighted by atomic mass is 10.2. The van der Waals surface area contributed by atoms with Crippen LogP contribution in [0.4, 0.5) is 11.6 Å². The van der Waals surface area contributed by atoms with E-state index in [1.165, 1.54) is 4.68 Å². The van der Waals surface area contributed by atoms with E-state index >= 15 is 0 Å². The fourth-order valence-electron chi connectivity index (χ4n) is 1.83. The van der Waals surface area contributed by atoms with Crippen molar-refractivity contribution in [3.63, 3.8) is 0 Å². The summed E-state index contributed by atoms with van der Waals surface area (Å²) in [6.45, 7) is 1.97. The molecule has 1 heterocycles. The average Bonchev–Trinajstić information content (AvgIpc) is 2.67. The van der Waals surface area contributed by atoms with E-state index in [9.17, 15) is 8.42 Å². The van der Waals surface area contributed by atoms with Crippen molar-refractivity contribution in [3.05, 3.63) is 29.8 Å². The van der Waals surface area contributed by atoms with Crippen LogP contribution in [0.3, 0.4) is 0 Å². The summed E-state index contributed by atoms with van der Waals surface area (Å²) in [5, 5.41) is 6.95. The molecule has 0 bridgehead atoms. The minimum atomic E-state index is -3.44. The highest BCUT2D eigenvalue weighted by Crippen LogP contribution is 2.29. The van der Waals surface area contributed by atoms with Crippen LogP contribution in [0.5, 0.6) is 0 Å². The Balaban J connectivity index is 2.67. The quantitative estimate of drug-likeness (QED) is 0.882. The zero-order valence-corrected chi connectivity index (χ0v) is 11.8. The van der Waals surface area contributed by atoms with Gasteiger partial charge in [0.2, 0.25) is 0 Å². The molecule has 102 valence electrons. The maximum absolute atomic E-state index is 11.8. The summed E-state index contributed by atoms with van der Waals surface area (Å²) in [5.41, 5.74) is 7.74. The standard InChI is InChI=1S/C12H16N4O2S/c1-8-4-6-9(7-5-8)16-11(13)10(19(3,17)18)12(14-2)15-16/h4-7H,13H2,1-3H3,(H,14,15). The first-order valence-corrected chi connectivity index (χ1v) is 7.57. The van der Waals surface area contributed by atoms with Crippen LogP contribution in [0.2, 0.25) is 0 Å². The van der Waals surface area contributed by atoms with Gasteiger partial charge in [0.25, 0.3) is 0 Å². The Morgan fingerprint density at radius 1 is 1.26 bits per heavy atom. The summed E-state index contributed by atoms with van der Waals surface area (Å²) in [6.07, 6.45) is 1.11.